The van der Waals surface area contributed by atoms with Crippen LogP contribution in [0.4, 0.5) is 8.78 Å². The fourth-order valence-corrected chi connectivity index (χ4v) is 4.07. The molecule has 1 aliphatic heterocycles. The van der Waals surface area contributed by atoms with Crippen molar-refractivity contribution in [2.45, 2.75) is 20.0 Å². The van der Waals surface area contributed by atoms with Crippen molar-refractivity contribution in [2.75, 3.05) is 0 Å². The van der Waals surface area contributed by atoms with E-state index in [0.717, 1.165) is 16.5 Å². The maximum absolute atomic E-state index is 14.9. The normalized spacial score (nSPS) is 12.2. The molecule has 0 bridgehead atoms. The number of carbonyl (C=O) groups is 1. The van der Waals surface area contributed by atoms with E-state index in [1.165, 1.54) is 24.3 Å². The molecule has 30 heavy (non-hydrogen) atoms. The van der Waals surface area contributed by atoms with Crippen LogP contribution in [0.5, 0.6) is 11.5 Å². The highest BCUT2D eigenvalue weighted by Gasteiger charge is 2.31. The lowest BCUT2D eigenvalue weighted by atomic mass is 9.95. The van der Waals surface area contributed by atoms with E-state index < -0.39 is 11.8 Å². The second-order valence-electron chi connectivity index (χ2n) is 7.63. The quantitative estimate of drug-likeness (QED) is 0.223. The minimum absolute atomic E-state index is 0.138. The Morgan fingerprint density at radius 1 is 1.03 bits per heavy atom. The third-order valence-corrected chi connectivity index (χ3v) is 5.31. The van der Waals surface area contributed by atoms with E-state index in [2.05, 4.69) is 0 Å². The van der Waals surface area contributed by atoms with Crippen molar-refractivity contribution in [3.05, 3.63) is 65.7 Å². The number of aromatic nitrogens is 1. The van der Waals surface area contributed by atoms with Crippen molar-refractivity contribution in [3.63, 3.8) is 0 Å². The summed E-state index contributed by atoms with van der Waals surface area (Å²) >= 11 is 0. The molecule has 0 amide bonds. The third kappa shape index (κ3) is 2.64. The number of hydrogen-bond donors (Lipinski definition) is 0. The van der Waals surface area contributed by atoms with E-state index in [0.29, 0.717) is 28.0 Å². The Balaban J connectivity index is 1.90. The smallest absolute Gasteiger partial charge is 0.341 e. The first-order chi connectivity index (χ1) is 14.3. The van der Waals surface area contributed by atoms with Gasteiger partial charge in [0.1, 0.15) is 35.7 Å². The van der Waals surface area contributed by atoms with E-state index >= 15 is 0 Å². The Hall–Kier alpha value is -3.54. The Bertz CT molecular complexity index is 1380. The number of carbonyl (C=O) groups excluding carboxylic acids is 1. The van der Waals surface area contributed by atoms with Crippen molar-refractivity contribution < 1.29 is 27.6 Å². The molecule has 0 spiro atoms. The highest BCUT2D eigenvalue weighted by molar-refractivity contribution is 6.13. The number of benzene rings is 3. The zero-order valence-electron chi connectivity index (χ0n) is 16.6. The number of pyridine rings is 1. The Kier molecular flexibility index (Phi) is 4.00. The average molecular weight is 406 g/mol. The van der Waals surface area contributed by atoms with Gasteiger partial charge in [0, 0.05) is 11.5 Å². The van der Waals surface area contributed by atoms with Crippen LogP contribution in [0, 0.1) is 11.6 Å². The van der Waals surface area contributed by atoms with Crippen molar-refractivity contribution in [1.82, 2.24) is 0 Å². The van der Waals surface area contributed by atoms with Gasteiger partial charge in [-0.3, -0.25) is 0 Å². The summed E-state index contributed by atoms with van der Waals surface area (Å²) in [6, 6.07) is 12.7. The summed E-state index contributed by atoms with van der Waals surface area (Å²) in [6.45, 7) is 3.42. The monoisotopic (exact) mass is 406 g/mol. The zero-order chi connectivity index (χ0) is 21.2. The van der Waals surface area contributed by atoms with Crippen LogP contribution in [0.2, 0.25) is 0 Å². The van der Waals surface area contributed by atoms with Crippen LogP contribution >= 0.6 is 0 Å². The van der Waals surface area contributed by atoms with Gasteiger partial charge in [0.15, 0.2) is 0 Å². The van der Waals surface area contributed by atoms with Crippen LogP contribution in [0.25, 0.3) is 32.9 Å². The number of halogens is 2. The number of aryl methyl sites for hydroxylation is 1. The average Bonchev–Trinajstić information content (AvgIpc) is 2.70. The molecule has 0 N–H and O–H groups in total. The maximum Gasteiger partial charge on any atom is 0.341 e. The second kappa shape index (κ2) is 6.49. The minimum atomic E-state index is -0.721. The van der Waals surface area contributed by atoms with Crippen LogP contribution in [0.3, 0.4) is 0 Å². The van der Waals surface area contributed by atoms with E-state index in [9.17, 15) is 13.6 Å². The van der Waals surface area contributed by atoms with Gasteiger partial charge in [-0.25, -0.2) is 13.6 Å². The van der Waals surface area contributed by atoms with Crippen LogP contribution < -0.4 is 9.30 Å². The fraction of sp³-hybridized carbons (Fsp3) is 0.167. The molecule has 5 rings (SSSR count). The van der Waals surface area contributed by atoms with Gasteiger partial charge in [0.25, 0.3) is 0 Å². The Morgan fingerprint density at radius 2 is 1.83 bits per heavy atom. The Labute approximate surface area is 171 Å². The van der Waals surface area contributed by atoms with Crippen molar-refractivity contribution in [1.29, 1.82) is 0 Å². The summed E-state index contributed by atoms with van der Waals surface area (Å²) in [4.78, 5) is 12.4. The summed E-state index contributed by atoms with van der Waals surface area (Å²) in [7, 11) is 1.81. The summed E-state index contributed by atoms with van der Waals surface area (Å²) < 4.78 is 42.0. The first kappa shape index (κ1) is 18.5. The summed E-state index contributed by atoms with van der Waals surface area (Å²) in [5, 5.41) is 2.15. The van der Waals surface area contributed by atoms with Crippen LogP contribution in [-0.2, 0) is 11.8 Å². The van der Waals surface area contributed by atoms with Gasteiger partial charge >= 0.3 is 5.97 Å². The van der Waals surface area contributed by atoms with Crippen molar-refractivity contribution in [2.24, 2.45) is 7.05 Å². The molecule has 1 aliphatic rings. The molecule has 0 radical (unpaired) electrons. The maximum atomic E-state index is 14.9. The number of ether oxygens (including phenoxy) is 2. The highest BCUT2D eigenvalue weighted by Crippen LogP contribution is 2.46. The van der Waals surface area contributed by atoms with Crippen LogP contribution in [-0.4, -0.2) is 12.1 Å². The van der Waals surface area contributed by atoms with E-state index in [1.807, 2.05) is 29.8 Å². The number of hydrogen-bond acceptors (Lipinski definition) is 3. The molecule has 0 saturated carbocycles. The van der Waals surface area contributed by atoms with Crippen molar-refractivity contribution in [3.8, 4) is 22.8 Å². The van der Waals surface area contributed by atoms with Gasteiger partial charge in [-0.05, 0) is 44.2 Å². The van der Waals surface area contributed by atoms with E-state index in [-0.39, 0.29) is 17.5 Å². The molecular weight excluding hydrogens is 388 g/mol. The van der Waals surface area contributed by atoms with Gasteiger partial charge in [-0.1, -0.05) is 12.1 Å². The van der Waals surface area contributed by atoms with Crippen LogP contribution in [0.15, 0.2) is 48.5 Å². The van der Waals surface area contributed by atoms with Crippen LogP contribution in [0.1, 0.15) is 24.2 Å². The third-order valence-electron chi connectivity index (χ3n) is 5.31. The second-order valence-corrected chi connectivity index (χ2v) is 7.63. The fourth-order valence-electron chi connectivity index (χ4n) is 4.07. The van der Waals surface area contributed by atoms with Gasteiger partial charge in [0.2, 0.25) is 11.2 Å². The highest BCUT2D eigenvalue weighted by atomic mass is 19.1. The zero-order valence-corrected chi connectivity index (χ0v) is 16.6. The molecule has 150 valence electrons. The lowest BCUT2D eigenvalue weighted by Gasteiger charge is -2.20. The van der Waals surface area contributed by atoms with Crippen molar-refractivity contribution >= 4 is 27.6 Å². The standard InChI is InChI=1S/C24H18F2NO3/c1-12(2)29-24(28)16-11-19-15(10-18(16)26)14-5-4-6-21-22(14)23(27(19)3)17-9-13(25)7-8-20(17)30-21/h4-12H,1-3H3/q+1. The first-order valence-corrected chi connectivity index (χ1v) is 9.62. The van der Waals surface area contributed by atoms with E-state index in [4.69, 9.17) is 9.47 Å². The lowest BCUT2D eigenvalue weighted by molar-refractivity contribution is -0.632. The molecule has 0 fully saturated rings. The summed E-state index contributed by atoms with van der Waals surface area (Å²) in [6.07, 6.45) is -0.367. The van der Waals surface area contributed by atoms with Gasteiger partial charge in [0.05, 0.1) is 22.4 Å². The molecule has 0 saturated heterocycles. The van der Waals surface area contributed by atoms with E-state index in [1.54, 1.807) is 19.9 Å². The molecule has 3 aromatic carbocycles. The Morgan fingerprint density at radius 3 is 2.60 bits per heavy atom. The minimum Gasteiger partial charge on any atom is -0.459 e. The molecule has 2 heterocycles. The number of fused-ring (bicyclic) bond motifs is 4. The molecule has 1 aromatic heterocycles. The van der Waals surface area contributed by atoms with Gasteiger partial charge in [-0.2, -0.15) is 4.57 Å². The first-order valence-electron chi connectivity index (χ1n) is 9.62. The molecule has 6 heteroatoms. The largest absolute Gasteiger partial charge is 0.459 e. The summed E-state index contributed by atoms with van der Waals surface area (Å²) in [5.74, 6) is -0.611. The SMILES string of the molecule is CC(C)OC(=O)c1cc2c(cc1F)c1cccc3c1c([n+]2C)-c1cc(F)ccc1O3. The number of esters is 1. The molecular formula is C24H18F2NO3+. The molecule has 0 unspecified atom stereocenters. The lowest BCUT2D eigenvalue weighted by Crippen LogP contribution is -2.34. The predicted octanol–water partition coefficient (Wildman–Crippen LogP) is 5.43. The molecule has 4 nitrogen and oxygen atoms in total. The molecule has 0 atom stereocenters. The number of nitrogens with zero attached hydrogens (tertiary/aromatic N) is 1. The van der Waals surface area contributed by atoms with Gasteiger partial charge < -0.3 is 9.47 Å². The molecule has 4 aromatic rings. The molecule has 0 aliphatic carbocycles. The topological polar surface area (TPSA) is 39.4 Å². The van der Waals surface area contributed by atoms with Gasteiger partial charge in [-0.15, -0.1) is 0 Å². The predicted molar refractivity (Wildman–Crippen MR) is 109 cm³/mol. The summed E-state index contributed by atoms with van der Waals surface area (Å²) in [5.41, 5.74) is 1.83. The number of rotatable bonds is 2.